The summed E-state index contributed by atoms with van der Waals surface area (Å²) < 4.78 is 13.7. The molecule has 0 aliphatic carbocycles. The van der Waals surface area contributed by atoms with Gasteiger partial charge < -0.3 is 10.2 Å². The lowest BCUT2D eigenvalue weighted by atomic mass is 10.1. The van der Waals surface area contributed by atoms with E-state index in [0.717, 1.165) is 25.9 Å². The molecule has 1 fully saturated rings. The Hall–Kier alpha value is -1.46. The van der Waals surface area contributed by atoms with Crippen molar-refractivity contribution in [2.24, 2.45) is 5.92 Å². The minimum atomic E-state index is -1.04. The summed E-state index contributed by atoms with van der Waals surface area (Å²) in [6.07, 6.45) is 1.77. The van der Waals surface area contributed by atoms with Crippen LogP contribution >= 0.6 is 0 Å². The predicted molar refractivity (Wildman–Crippen MR) is 68.4 cm³/mol. The molecule has 1 unspecified atom stereocenters. The van der Waals surface area contributed by atoms with Crippen molar-refractivity contribution in [3.05, 3.63) is 35.1 Å². The van der Waals surface area contributed by atoms with Crippen LogP contribution in [0.2, 0.25) is 0 Å². The van der Waals surface area contributed by atoms with Crippen molar-refractivity contribution in [2.45, 2.75) is 19.4 Å². The zero-order valence-electron chi connectivity index (χ0n) is 10.7. The van der Waals surface area contributed by atoms with Crippen molar-refractivity contribution in [3.63, 3.8) is 0 Å². The molecule has 4 nitrogen and oxygen atoms in total. The van der Waals surface area contributed by atoms with E-state index >= 15 is 0 Å². The first kappa shape index (κ1) is 14.0. The molecule has 5 heteroatoms. The Morgan fingerprint density at radius 2 is 2.26 bits per heavy atom. The Morgan fingerprint density at radius 1 is 1.47 bits per heavy atom. The fourth-order valence-corrected chi connectivity index (χ4v) is 2.54. The molecule has 2 rings (SSSR count). The topological polar surface area (TPSA) is 60.8 Å². The number of aliphatic hydroxyl groups excluding tert-OH is 1. The molecule has 1 saturated heterocycles. The normalized spacial score (nSPS) is 19.8. The number of benzene rings is 1. The first-order valence-corrected chi connectivity index (χ1v) is 6.45. The molecule has 1 atom stereocenters. The predicted octanol–water partition coefficient (Wildman–Crippen LogP) is 1.73. The van der Waals surface area contributed by atoms with Crippen LogP contribution in [0, 0.1) is 11.7 Å². The molecule has 1 aromatic carbocycles. The molecule has 1 heterocycles. The van der Waals surface area contributed by atoms with Gasteiger partial charge in [0, 0.05) is 25.3 Å². The Bertz CT molecular complexity index is 464. The molecule has 0 amide bonds. The molecule has 0 radical (unpaired) electrons. The Labute approximate surface area is 111 Å². The van der Waals surface area contributed by atoms with Crippen LogP contribution in [0.25, 0.3) is 0 Å². The van der Waals surface area contributed by atoms with Crippen LogP contribution in [0.5, 0.6) is 0 Å². The Morgan fingerprint density at radius 3 is 2.95 bits per heavy atom. The van der Waals surface area contributed by atoms with E-state index in [0.29, 0.717) is 18.0 Å². The van der Waals surface area contributed by atoms with Crippen LogP contribution in [-0.2, 0) is 6.54 Å². The Balaban J connectivity index is 2.03. The third-order valence-electron chi connectivity index (χ3n) is 3.59. The van der Waals surface area contributed by atoms with Crippen LogP contribution in [-0.4, -0.2) is 40.8 Å². The maximum atomic E-state index is 13.7. The highest BCUT2D eigenvalue weighted by Gasteiger charge is 2.23. The van der Waals surface area contributed by atoms with E-state index in [1.54, 1.807) is 0 Å². The molecule has 1 aliphatic heterocycles. The van der Waals surface area contributed by atoms with Gasteiger partial charge in [0.1, 0.15) is 5.82 Å². The Kier molecular flexibility index (Phi) is 4.50. The maximum Gasteiger partial charge on any atom is 0.335 e. The van der Waals surface area contributed by atoms with Crippen molar-refractivity contribution in [3.8, 4) is 0 Å². The van der Waals surface area contributed by atoms with Gasteiger partial charge in [0.2, 0.25) is 0 Å². The smallest absolute Gasteiger partial charge is 0.335 e. The highest BCUT2D eigenvalue weighted by Crippen LogP contribution is 2.22. The average molecular weight is 267 g/mol. The summed E-state index contributed by atoms with van der Waals surface area (Å²) in [5.74, 6) is -0.952. The molecule has 2 N–H and O–H groups in total. The second-order valence-electron chi connectivity index (χ2n) is 5.01. The molecular formula is C14H18FNO3. The first-order valence-electron chi connectivity index (χ1n) is 6.45. The third kappa shape index (κ3) is 3.52. The number of aromatic carboxylic acids is 1. The summed E-state index contributed by atoms with van der Waals surface area (Å²) in [5, 5.41) is 17.8. The fourth-order valence-electron chi connectivity index (χ4n) is 2.54. The molecule has 104 valence electrons. The lowest BCUT2D eigenvalue weighted by Crippen LogP contribution is -2.21. The van der Waals surface area contributed by atoms with Gasteiger partial charge in [-0.3, -0.25) is 4.90 Å². The van der Waals surface area contributed by atoms with Gasteiger partial charge >= 0.3 is 5.97 Å². The average Bonchev–Trinajstić information content (AvgIpc) is 2.80. The van der Waals surface area contributed by atoms with Gasteiger partial charge in [-0.2, -0.15) is 0 Å². The molecule has 1 aromatic rings. The van der Waals surface area contributed by atoms with Gasteiger partial charge in [-0.15, -0.1) is 0 Å². The highest BCUT2D eigenvalue weighted by molar-refractivity contribution is 5.87. The third-order valence-corrected chi connectivity index (χ3v) is 3.59. The summed E-state index contributed by atoms with van der Waals surface area (Å²) in [5.41, 5.74) is 0.534. The van der Waals surface area contributed by atoms with Crippen LogP contribution < -0.4 is 0 Å². The second kappa shape index (κ2) is 6.12. The molecule has 0 spiro atoms. The van der Waals surface area contributed by atoms with Crippen molar-refractivity contribution >= 4 is 5.97 Å². The molecule has 0 aromatic heterocycles. The summed E-state index contributed by atoms with van der Waals surface area (Å²) in [6, 6.07) is 3.89. The van der Waals surface area contributed by atoms with E-state index in [1.165, 1.54) is 18.2 Å². The van der Waals surface area contributed by atoms with Gasteiger partial charge in [0.05, 0.1) is 5.56 Å². The van der Waals surface area contributed by atoms with E-state index in [1.807, 2.05) is 0 Å². The second-order valence-corrected chi connectivity index (χ2v) is 5.01. The van der Waals surface area contributed by atoms with E-state index in [-0.39, 0.29) is 18.0 Å². The first-order chi connectivity index (χ1) is 9.10. The molecule has 19 heavy (non-hydrogen) atoms. The number of carbonyl (C=O) groups is 1. The molecule has 0 bridgehead atoms. The quantitative estimate of drug-likeness (QED) is 0.853. The van der Waals surface area contributed by atoms with Crippen molar-refractivity contribution in [2.75, 3.05) is 19.7 Å². The van der Waals surface area contributed by atoms with Gasteiger partial charge in [0.25, 0.3) is 0 Å². The number of nitrogens with zero attached hydrogens (tertiary/aromatic N) is 1. The van der Waals surface area contributed by atoms with Gasteiger partial charge in [-0.25, -0.2) is 9.18 Å². The lowest BCUT2D eigenvalue weighted by Gasteiger charge is -2.16. The molecule has 1 aliphatic rings. The summed E-state index contributed by atoms with van der Waals surface area (Å²) in [6.45, 7) is 2.30. The zero-order chi connectivity index (χ0) is 13.8. The number of carboxylic acid groups (broad SMARTS) is 1. The zero-order valence-corrected chi connectivity index (χ0v) is 10.7. The number of carboxylic acids is 1. The standard InChI is InChI=1S/C14H18FNO3/c15-13-2-1-11(14(18)19)7-12(13)9-16-5-3-10(8-16)4-6-17/h1-2,7,10,17H,3-6,8-9H2,(H,18,19). The number of rotatable bonds is 5. The number of hydrogen-bond donors (Lipinski definition) is 2. The minimum absolute atomic E-state index is 0.113. The van der Waals surface area contributed by atoms with E-state index in [9.17, 15) is 9.18 Å². The largest absolute Gasteiger partial charge is 0.478 e. The van der Waals surface area contributed by atoms with E-state index in [4.69, 9.17) is 10.2 Å². The van der Waals surface area contributed by atoms with Crippen molar-refractivity contribution < 1.29 is 19.4 Å². The summed E-state index contributed by atoms with van der Waals surface area (Å²) >= 11 is 0. The van der Waals surface area contributed by atoms with Crippen LogP contribution in [0.1, 0.15) is 28.8 Å². The van der Waals surface area contributed by atoms with E-state index < -0.39 is 5.97 Å². The van der Waals surface area contributed by atoms with Gasteiger partial charge in [-0.1, -0.05) is 0 Å². The number of hydrogen-bond acceptors (Lipinski definition) is 3. The number of halogens is 1. The summed E-state index contributed by atoms with van der Waals surface area (Å²) in [4.78, 5) is 13.0. The fraction of sp³-hybridized carbons (Fsp3) is 0.500. The lowest BCUT2D eigenvalue weighted by molar-refractivity contribution is 0.0696. The summed E-state index contributed by atoms with van der Waals surface area (Å²) in [7, 11) is 0. The van der Waals surface area contributed by atoms with Gasteiger partial charge in [-0.05, 0) is 43.5 Å². The van der Waals surface area contributed by atoms with Crippen molar-refractivity contribution in [1.82, 2.24) is 4.90 Å². The number of likely N-dealkylation sites (tertiary alicyclic amines) is 1. The number of aliphatic hydroxyl groups is 1. The van der Waals surface area contributed by atoms with Crippen LogP contribution in [0.4, 0.5) is 4.39 Å². The van der Waals surface area contributed by atoms with Crippen LogP contribution in [0.3, 0.4) is 0 Å². The van der Waals surface area contributed by atoms with E-state index in [2.05, 4.69) is 4.90 Å². The van der Waals surface area contributed by atoms with Crippen LogP contribution in [0.15, 0.2) is 18.2 Å². The maximum absolute atomic E-state index is 13.7. The van der Waals surface area contributed by atoms with Crippen molar-refractivity contribution in [1.29, 1.82) is 0 Å². The van der Waals surface area contributed by atoms with Gasteiger partial charge in [0.15, 0.2) is 0 Å². The SMILES string of the molecule is O=C(O)c1ccc(F)c(CN2CCC(CCO)C2)c1. The highest BCUT2D eigenvalue weighted by atomic mass is 19.1. The minimum Gasteiger partial charge on any atom is -0.478 e. The molecule has 0 saturated carbocycles. The monoisotopic (exact) mass is 267 g/mol. The molecular weight excluding hydrogens is 249 g/mol.